The number of allylic oxidation sites excluding steroid dienone is 6. The second-order valence-corrected chi connectivity index (χ2v) is 23.8. The number of carbonyl (C=O) groups excluding carboxylic acids is 2. The minimum absolute atomic E-state index is 0.0300. The molecule has 0 aromatic carbocycles. The van der Waals surface area contributed by atoms with E-state index in [4.69, 9.17) is 18.5 Å². The molecule has 0 rings (SSSR count). The number of esters is 2. The lowest BCUT2D eigenvalue weighted by Crippen LogP contribution is -2.37. The zero-order valence-corrected chi connectivity index (χ0v) is 49.7. The highest BCUT2D eigenvalue weighted by atomic mass is 31.2. The monoisotopic (exact) mass is 1050 g/mol. The molecule has 0 aliphatic heterocycles. The highest BCUT2D eigenvalue weighted by Crippen LogP contribution is 2.38. The van der Waals surface area contributed by atoms with Gasteiger partial charge in [0.05, 0.1) is 27.7 Å². The van der Waals surface area contributed by atoms with Gasteiger partial charge in [-0.3, -0.25) is 14.2 Å². The zero-order chi connectivity index (χ0) is 53.5. The van der Waals surface area contributed by atoms with E-state index in [2.05, 4.69) is 50.3 Å². The maximum atomic E-state index is 12.8. The van der Waals surface area contributed by atoms with Gasteiger partial charge in [0.1, 0.15) is 19.8 Å². The first-order valence-corrected chi connectivity index (χ1v) is 32.7. The standard InChI is InChI=1S/C63H120NO8P/c1-6-8-10-12-14-16-18-19-20-21-22-23-24-25-26-27-28-29-30-31-32-33-34-35-36-37-38-39-40-41-42-43-44-45-46-48-50-52-54-56-63(66)72-61(60-71-73(67,68)70-58-57-64(3,4)5)59-69-62(65)55-53-51-49-47-17-15-13-11-9-7-2/h11,13,18-19,21-22,61H,6-10,12,14-17,20,23-60H2,1-5H3/b13-11-,19-18-,22-21-. The number of quaternary nitrogens is 1. The van der Waals surface area contributed by atoms with Crippen molar-refractivity contribution in [3.63, 3.8) is 0 Å². The van der Waals surface area contributed by atoms with E-state index in [-0.39, 0.29) is 26.1 Å². The van der Waals surface area contributed by atoms with Crippen molar-refractivity contribution < 1.29 is 42.1 Å². The Kier molecular flexibility index (Phi) is 53.7. The van der Waals surface area contributed by atoms with Crippen molar-refractivity contribution in [3.8, 4) is 0 Å². The van der Waals surface area contributed by atoms with Crippen molar-refractivity contribution in [2.75, 3.05) is 47.5 Å². The fraction of sp³-hybridized carbons (Fsp3) is 0.873. The minimum Gasteiger partial charge on any atom is -0.756 e. The second-order valence-electron chi connectivity index (χ2n) is 22.4. The zero-order valence-electron chi connectivity index (χ0n) is 48.9. The van der Waals surface area contributed by atoms with Crippen molar-refractivity contribution >= 4 is 19.8 Å². The summed E-state index contributed by atoms with van der Waals surface area (Å²) < 4.78 is 34.0. The van der Waals surface area contributed by atoms with Crippen LogP contribution < -0.4 is 4.89 Å². The Balaban J connectivity index is 3.81. The van der Waals surface area contributed by atoms with Gasteiger partial charge in [0.25, 0.3) is 7.82 Å². The van der Waals surface area contributed by atoms with E-state index in [0.29, 0.717) is 17.4 Å². The smallest absolute Gasteiger partial charge is 0.306 e. The van der Waals surface area contributed by atoms with Crippen molar-refractivity contribution in [2.24, 2.45) is 0 Å². The van der Waals surface area contributed by atoms with Gasteiger partial charge >= 0.3 is 11.9 Å². The molecule has 0 N–H and O–H groups in total. The maximum absolute atomic E-state index is 12.8. The number of ether oxygens (including phenoxy) is 2. The lowest BCUT2D eigenvalue weighted by molar-refractivity contribution is -0.870. The van der Waals surface area contributed by atoms with Gasteiger partial charge in [0.2, 0.25) is 0 Å². The summed E-state index contributed by atoms with van der Waals surface area (Å²) in [5.74, 6) is -0.834. The summed E-state index contributed by atoms with van der Waals surface area (Å²) in [4.78, 5) is 37.7. The average Bonchev–Trinajstić information content (AvgIpc) is 3.35. The molecule has 0 fully saturated rings. The molecule has 10 heteroatoms. The van der Waals surface area contributed by atoms with Crippen LogP contribution in [-0.4, -0.2) is 70.0 Å². The van der Waals surface area contributed by atoms with Crippen LogP contribution in [0.5, 0.6) is 0 Å². The number of phosphoric ester groups is 1. The molecule has 0 spiro atoms. The van der Waals surface area contributed by atoms with Crippen molar-refractivity contribution in [1.29, 1.82) is 0 Å². The summed E-state index contributed by atoms with van der Waals surface area (Å²) in [6.45, 7) is 4.18. The van der Waals surface area contributed by atoms with Crippen LogP contribution >= 0.6 is 7.82 Å². The third kappa shape index (κ3) is 59.3. The summed E-state index contributed by atoms with van der Waals surface area (Å²) in [7, 11) is 1.17. The van der Waals surface area contributed by atoms with Gasteiger partial charge in [-0.15, -0.1) is 0 Å². The average molecular weight is 1050 g/mol. The Hall–Kier alpha value is -1.77. The van der Waals surface area contributed by atoms with Crippen LogP contribution in [0.15, 0.2) is 36.5 Å². The highest BCUT2D eigenvalue weighted by Gasteiger charge is 2.22. The van der Waals surface area contributed by atoms with Crippen LogP contribution in [0, 0.1) is 0 Å². The van der Waals surface area contributed by atoms with Crippen LogP contribution in [0.1, 0.15) is 303 Å². The van der Waals surface area contributed by atoms with Crippen LogP contribution in [0.25, 0.3) is 0 Å². The number of hydrogen-bond donors (Lipinski definition) is 0. The number of carbonyl (C=O) groups is 2. The Bertz CT molecular complexity index is 1330. The predicted molar refractivity (Wildman–Crippen MR) is 310 cm³/mol. The molecule has 0 aliphatic carbocycles. The minimum atomic E-state index is -4.63. The summed E-state index contributed by atoms with van der Waals surface area (Å²) >= 11 is 0. The number of hydrogen-bond acceptors (Lipinski definition) is 8. The van der Waals surface area contributed by atoms with Gasteiger partial charge in [-0.05, 0) is 64.2 Å². The molecule has 2 atom stereocenters. The summed E-state index contributed by atoms with van der Waals surface area (Å²) in [6.07, 6.45) is 68.2. The number of unbranched alkanes of at least 4 members (excludes halogenated alkanes) is 38. The summed E-state index contributed by atoms with van der Waals surface area (Å²) in [6, 6.07) is 0. The molecule has 0 radical (unpaired) electrons. The van der Waals surface area contributed by atoms with E-state index in [1.807, 2.05) is 21.1 Å². The van der Waals surface area contributed by atoms with Gasteiger partial charge in [0, 0.05) is 12.8 Å². The first-order valence-electron chi connectivity index (χ1n) is 31.2. The lowest BCUT2D eigenvalue weighted by Gasteiger charge is -2.28. The van der Waals surface area contributed by atoms with E-state index in [1.54, 1.807) is 0 Å². The third-order valence-corrected chi connectivity index (χ3v) is 14.8. The van der Waals surface area contributed by atoms with E-state index >= 15 is 0 Å². The Morgan fingerprint density at radius 2 is 0.767 bits per heavy atom. The van der Waals surface area contributed by atoms with Crippen LogP contribution in [0.3, 0.4) is 0 Å². The van der Waals surface area contributed by atoms with Gasteiger partial charge in [-0.1, -0.05) is 262 Å². The molecular weight excluding hydrogens is 930 g/mol. The van der Waals surface area contributed by atoms with Gasteiger partial charge in [-0.2, -0.15) is 0 Å². The normalized spacial score (nSPS) is 13.5. The predicted octanol–water partition coefficient (Wildman–Crippen LogP) is 18.9. The molecule has 9 nitrogen and oxygen atoms in total. The molecule has 2 unspecified atom stereocenters. The van der Waals surface area contributed by atoms with E-state index in [1.165, 1.54) is 205 Å². The van der Waals surface area contributed by atoms with Crippen LogP contribution in [-0.2, 0) is 32.7 Å². The molecule has 0 heterocycles. The summed E-state index contributed by atoms with van der Waals surface area (Å²) in [5.41, 5.74) is 0. The number of phosphoric acid groups is 1. The van der Waals surface area contributed by atoms with Gasteiger partial charge in [0.15, 0.2) is 6.10 Å². The molecule has 0 amide bonds. The topological polar surface area (TPSA) is 111 Å². The molecule has 73 heavy (non-hydrogen) atoms. The second kappa shape index (κ2) is 55.0. The fourth-order valence-corrected chi connectivity index (χ4v) is 9.77. The Labute approximate surface area is 452 Å². The Morgan fingerprint density at radius 1 is 0.425 bits per heavy atom. The van der Waals surface area contributed by atoms with Crippen molar-refractivity contribution in [2.45, 2.75) is 309 Å². The first kappa shape index (κ1) is 71.2. The van der Waals surface area contributed by atoms with Crippen molar-refractivity contribution in [3.05, 3.63) is 36.5 Å². The van der Waals surface area contributed by atoms with E-state index in [9.17, 15) is 19.0 Å². The third-order valence-electron chi connectivity index (χ3n) is 13.9. The number of nitrogens with zero attached hydrogens (tertiary/aromatic N) is 1. The summed E-state index contributed by atoms with van der Waals surface area (Å²) in [5, 5.41) is 0. The number of rotatable bonds is 58. The molecule has 430 valence electrons. The molecule has 0 aliphatic rings. The van der Waals surface area contributed by atoms with Crippen LogP contribution in [0.2, 0.25) is 0 Å². The largest absolute Gasteiger partial charge is 0.756 e. The van der Waals surface area contributed by atoms with Crippen molar-refractivity contribution in [1.82, 2.24) is 0 Å². The lowest BCUT2D eigenvalue weighted by atomic mass is 10.0. The van der Waals surface area contributed by atoms with Gasteiger partial charge in [-0.25, -0.2) is 0 Å². The van der Waals surface area contributed by atoms with Gasteiger partial charge < -0.3 is 27.9 Å². The Morgan fingerprint density at radius 3 is 1.15 bits per heavy atom. The first-order chi connectivity index (χ1) is 35.5. The molecule has 0 bridgehead atoms. The SMILES string of the molecule is CCC/C=C\CCCCCCCC(=O)OCC(COP(=O)([O-])OCC[N+](C)(C)C)OC(=O)CCCCCCCCCCCCCCCCCCCCCCCCCCCCC/C=C\C/C=C\CCCCCCC. The highest BCUT2D eigenvalue weighted by molar-refractivity contribution is 7.45. The molecule has 0 aromatic heterocycles. The maximum Gasteiger partial charge on any atom is 0.306 e. The molecule has 0 saturated carbocycles. The molecular formula is C63H120NO8P. The van der Waals surface area contributed by atoms with E-state index in [0.717, 1.165) is 64.2 Å². The van der Waals surface area contributed by atoms with E-state index < -0.39 is 32.5 Å². The molecule has 0 aromatic rings. The fourth-order valence-electron chi connectivity index (χ4n) is 9.04. The quantitative estimate of drug-likeness (QED) is 0.0195. The van der Waals surface area contributed by atoms with Crippen LogP contribution in [0.4, 0.5) is 0 Å². The molecule has 0 saturated heterocycles. The number of likely N-dealkylation sites (N-methyl/N-ethyl adjacent to an activating group) is 1.